The Morgan fingerprint density at radius 3 is 2.55 bits per heavy atom. The van der Waals surface area contributed by atoms with Crippen molar-refractivity contribution in [1.82, 2.24) is 5.32 Å². The molecule has 2 rings (SSSR count). The van der Waals surface area contributed by atoms with E-state index in [1.54, 1.807) is 19.2 Å². The number of ether oxygens (including phenoxy) is 1. The molecule has 0 aliphatic carbocycles. The summed E-state index contributed by atoms with van der Waals surface area (Å²) in [5.41, 5.74) is 0.550. The summed E-state index contributed by atoms with van der Waals surface area (Å²) in [5.74, 6) is -0.664. The average molecular weight is 322 g/mol. The van der Waals surface area contributed by atoms with Gasteiger partial charge in [0.15, 0.2) is 0 Å². The number of methoxy groups -OCH3 is 1. The lowest BCUT2D eigenvalue weighted by Crippen LogP contribution is -2.40. The monoisotopic (exact) mass is 321 g/mol. The second-order valence-corrected chi connectivity index (χ2v) is 5.57. The van der Waals surface area contributed by atoms with Crippen LogP contribution in [0.3, 0.4) is 0 Å². The number of hydrogen-bond acceptors (Lipinski definition) is 2. The minimum atomic E-state index is -0.708. The van der Waals surface area contributed by atoms with Crippen LogP contribution in [0.4, 0.5) is 4.39 Å². The maximum atomic E-state index is 12.9. The van der Waals surface area contributed by atoms with Crippen molar-refractivity contribution in [2.24, 2.45) is 0 Å². The third kappa shape index (κ3) is 3.84. The Kier molecular flexibility index (Phi) is 5.16. The Hall–Kier alpha value is -1.91. The molecule has 0 bridgehead atoms. The van der Waals surface area contributed by atoms with E-state index in [2.05, 4.69) is 5.32 Å². The van der Waals surface area contributed by atoms with Crippen LogP contribution in [0.15, 0.2) is 48.5 Å². The second kappa shape index (κ2) is 6.90. The Morgan fingerprint density at radius 2 is 1.95 bits per heavy atom. The van der Waals surface area contributed by atoms with E-state index < -0.39 is 5.60 Å². The maximum absolute atomic E-state index is 12.9. The minimum absolute atomic E-state index is 0.264. The fourth-order valence-corrected chi connectivity index (χ4v) is 2.25. The normalized spacial score (nSPS) is 13.5. The molecule has 3 nitrogen and oxygen atoms in total. The topological polar surface area (TPSA) is 38.3 Å². The van der Waals surface area contributed by atoms with Crippen LogP contribution in [0.1, 0.15) is 22.8 Å². The number of carbonyl (C=O) groups is 1. The Balaban J connectivity index is 2.10. The molecule has 2 aromatic carbocycles. The number of rotatable bonds is 5. The lowest BCUT2D eigenvalue weighted by atomic mass is 9.95. The van der Waals surface area contributed by atoms with Gasteiger partial charge in [0, 0.05) is 17.7 Å². The van der Waals surface area contributed by atoms with E-state index in [0.717, 1.165) is 5.56 Å². The van der Waals surface area contributed by atoms with Gasteiger partial charge in [-0.25, -0.2) is 4.39 Å². The standard InChI is InChI=1S/C17H17ClFNO2/c1-17(22-2,13-4-3-5-14(18)10-13)11-20-16(21)12-6-8-15(19)9-7-12/h3-10H,11H2,1-2H3,(H,20,21). The number of nitrogens with one attached hydrogen (secondary N) is 1. The average Bonchev–Trinajstić information content (AvgIpc) is 2.53. The fraction of sp³-hybridized carbons (Fsp3) is 0.235. The molecule has 0 spiro atoms. The molecule has 0 fully saturated rings. The second-order valence-electron chi connectivity index (χ2n) is 5.13. The molecule has 5 heteroatoms. The van der Waals surface area contributed by atoms with Crippen LogP contribution in [0.5, 0.6) is 0 Å². The minimum Gasteiger partial charge on any atom is -0.372 e. The van der Waals surface area contributed by atoms with Crippen LogP contribution >= 0.6 is 11.6 Å². The molecule has 1 amide bonds. The van der Waals surface area contributed by atoms with E-state index >= 15 is 0 Å². The van der Waals surface area contributed by atoms with Crippen molar-refractivity contribution in [1.29, 1.82) is 0 Å². The first-order valence-corrected chi connectivity index (χ1v) is 7.17. The highest BCUT2D eigenvalue weighted by Crippen LogP contribution is 2.26. The van der Waals surface area contributed by atoms with Gasteiger partial charge in [-0.2, -0.15) is 0 Å². The molecule has 0 heterocycles. The highest BCUT2D eigenvalue weighted by atomic mass is 35.5. The quantitative estimate of drug-likeness (QED) is 0.910. The van der Waals surface area contributed by atoms with Crippen molar-refractivity contribution >= 4 is 17.5 Å². The SMILES string of the molecule is COC(C)(CNC(=O)c1ccc(F)cc1)c1cccc(Cl)c1. The van der Waals surface area contributed by atoms with Crippen molar-refractivity contribution in [2.45, 2.75) is 12.5 Å². The first kappa shape index (κ1) is 16.5. The summed E-state index contributed by atoms with van der Waals surface area (Å²) in [6.45, 7) is 2.13. The van der Waals surface area contributed by atoms with E-state index in [4.69, 9.17) is 16.3 Å². The van der Waals surface area contributed by atoms with Gasteiger partial charge < -0.3 is 10.1 Å². The Bertz CT molecular complexity index is 660. The van der Waals surface area contributed by atoms with Gasteiger partial charge in [-0.15, -0.1) is 0 Å². The van der Waals surface area contributed by atoms with Crippen LogP contribution in [0, 0.1) is 5.82 Å². The maximum Gasteiger partial charge on any atom is 0.251 e. The molecule has 1 N–H and O–H groups in total. The van der Waals surface area contributed by atoms with E-state index in [9.17, 15) is 9.18 Å². The Morgan fingerprint density at radius 1 is 1.27 bits per heavy atom. The molecule has 1 atom stereocenters. The van der Waals surface area contributed by atoms with Gasteiger partial charge in [-0.3, -0.25) is 4.79 Å². The molecule has 0 aliphatic rings. The summed E-state index contributed by atoms with van der Waals surface area (Å²) in [7, 11) is 1.57. The van der Waals surface area contributed by atoms with Gasteiger partial charge in [-0.1, -0.05) is 23.7 Å². The first-order chi connectivity index (χ1) is 10.4. The van der Waals surface area contributed by atoms with Crippen molar-refractivity contribution in [3.63, 3.8) is 0 Å². The molecule has 0 saturated carbocycles. The van der Waals surface area contributed by atoms with Crippen molar-refractivity contribution in [3.05, 3.63) is 70.5 Å². The molecular formula is C17H17ClFNO2. The van der Waals surface area contributed by atoms with Gasteiger partial charge in [0.25, 0.3) is 5.91 Å². The third-order valence-corrected chi connectivity index (χ3v) is 3.81. The molecular weight excluding hydrogens is 305 g/mol. The Labute approximate surface area is 134 Å². The summed E-state index contributed by atoms with van der Waals surface area (Å²) in [6.07, 6.45) is 0. The fourth-order valence-electron chi connectivity index (χ4n) is 2.06. The molecule has 22 heavy (non-hydrogen) atoms. The van der Waals surface area contributed by atoms with Crippen LogP contribution < -0.4 is 5.32 Å². The predicted molar refractivity (Wildman–Crippen MR) is 84.5 cm³/mol. The zero-order valence-electron chi connectivity index (χ0n) is 12.4. The largest absolute Gasteiger partial charge is 0.372 e. The predicted octanol–water partition coefficient (Wildman–Crippen LogP) is 3.77. The van der Waals surface area contributed by atoms with Gasteiger partial charge in [0.1, 0.15) is 11.4 Å². The zero-order valence-corrected chi connectivity index (χ0v) is 13.2. The summed E-state index contributed by atoms with van der Waals surface area (Å²) in [4.78, 5) is 12.1. The summed E-state index contributed by atoms with van der Waals surface area (Å²) in [5, 5.41) is 3.40. The summed E-state index contributed by atoms with van der Waals surface area (Å²) in [6, 6.07) is 12.7. The molecule has 0 saturated heterocycles. The zero-order chi connectivity index (χ0) is 16.2. The van der Waals surface area contributed by atoms with Crippen LogP contribution in [0.25, 0.3) is 0 Å². The van der Waals surface area contributed by atoms with Crippen molar-refractivity contribution in [3.8, 4) is 0 Å². The van der Waals surface area contributed by atoms with Gasteiger partial charge in [-0.05, 0) is 48.9 Å². The van der Waals surface area contributed by atoms with Gasteiger partial charge in [0.2, 0.25) is 0 Å². The number of carbonyl (C=O) groups excluding carboxylic acids is 1. The van der Waals surface area contributed by atoms with Crippen LogP contribution in [-0.4, -0.2) is 19.6 Å². The van der Waals surface area contributed by atoms with Crippen LogP contribution in [-0.2, 0) is 10.3 Å². The summed E-state index contributed by atoms with van der Waals surface area (Å²) < 4.78 is 18.4. The molecule has 0 aromatic heterocycles. The van der Waals surface area contributed by atoms with Crippen LogP contribution in [0.2, 0.25) is 5.02 Å². The molecule has 116 valence electrons. The van der Waals surface area contributed by atoms with Crippen molar-refractivity contribution < 1.29 is 13.9 Å². The molecule has 0 radical (unpaired) electrons. The highest BCUT2D eigenvalue weighted by molar-refractivity contribution is 6.30. The van der Waals surface area contributed by atoms with Gasteiger partial charge in [0.05, 0.1) is 6.54 Å². The molecule has 2 aromatic rings. The highest BCUT2D eigenvalue weighted by Gasteiger charge is 2.27. The van der Waals surface area contributed by atoms with E-state index in [-0.39, 0.29) is 18.3 Å². The van der Waals surface area contributed by atoms with Gasteiger partial charge >= 0.3 is 0 Å². The number of amides is 1. The molecule has 0 aliphatic heterocycles. The number of hydrogen-bond donors (Lipinski definition) is 1. The first-order valence-electron chi connectivity index (χ1n) is 6.79. The lowest BCUT2D eigenvalue weighted by molar-refractivity contribution is 0.00315. The summed E-state index contributed by atoms with van der Waals surface area (Å²) >= 11 is 6.00. The smallest absolute Gasteiger partial charge is 0.251 e. The number of halogens is 2. The van der Waals surface area contributed by atoms with E-state index in [1.165, 1.54) is 24.3 Å². The van der Waals surface area contributed by atoms with Crippen molar-refractivity contribution in [2.75, 3.05) is 13.7 Å². The number of benzene rings is 2. The third-order valence-electron chi connectivity index (χ3n) is 3.58. The molecule has 1 unspecified atom stereocenters. The van der Waals surface area contributed by atoms with E-state index in [0.29, 0.717) is 10.6 Å². The van der Waals surface area contributed by atoms with E-state index in [1.807, 2.05) is 19.1 Å². The lowest BCUT2D eigenvalue weighted by Gasteiger charge is -2.29.